The van der Waals surface area contributed by atoms with Gasteiger partial charge >= 0.3 is 0 Å². The molecule has 1 rings (SSSR count). The lowest BCUT2D eigenvalue weighted by molar-refractivity contribution is -0.117. The number of hydrogen-bond donors (Lipinski definition) is 0. The molecule has 0 N–H and O–H groups in total. The maximum absolute atomic E-state index is 11.0. The number of Topliss-reactive ketones (excluding diaryl/α,β-unsaturated/α-hetero) is 1. The van der Waals surface area contributed by atoms with Gasteiger partial charge in [0, 0.05) is 16.2 Å². The van der Waals surface area contributed by atoms with E-state index in [0.717, 1.165) is 25.2 Å². The molecule has 0 fully saturated rings. The fraction of sp³-hybridized carbons (Fsp3) is 0.667. The van der Waals surface area contributed by atoms with Crippen LogP contribution in [0.1, 0.15) is 62.6 Å². The molecule has 0 aliphatic carbocycles. The van der Waals surface area contributed by atoms with Crippen LogP contribution in [0, 0.1) is 5.92 Å². The molecule has 2 heteroatoms. The molecular weight excluding hydrogens is 228 g/mol. The van der Waals surface area contributed by atoms with Gasteiger partial charge in [-0.15, -0.1) is 11.3 Å². The second kappa shape index (κ2) is 6.95. The number of hydrogen-bond acceptors (Lipinski definition) is 2. The largest absolute Gasteiger partial charge is 0.300 e. The Bertz CT molecular complexity index is 352. The Kier molecular flexibility index (Phi) is 5.90. The van der Waals surface area contributed by atoms with E-state index in [2.05, 4.69) is 32.9 Å². The maximum Gasteiger partial charge on any atom is 0.129 e. The lowest BCUT2D eigenvalue weighted by Crippen LogP contribution is -1.98. The predicted molar refractivity (Wildman–Crippen MR) is 75.8 cm³/mol. The molecule has 0 radical (unpaired) electrons. The SMILES string of the molecule is CCC(CCC(C)=O)c1ccc(CC(C)C)s1. The first-order chi connectivity index (χ1) is 8.02. The summed E-state index contributed by atoms with van der Waals surface area (Å²) in [6.45, 7) is 8.41. The summed E-state index contributed by atoms with van der Waals surface area (Å²) in [5.41, 5.74) is 0. The molecule has 1 atom stereocenters. The molecule has 0 aromatic carbocycles. The third-order valence-electron chi connectivity index (χ3n) is 3.03. The Labute approximate surface area is 109 Å². The molecule has 96 valence electrons. The molecule has 17 heavy (non-hydrogen) atoms. The van der Waals surface area contributed by atoms with Crippen molar-refractivity contribution in [3.05, 3.63) is 21.9 Å². The summed E-state index contributed by atoms with van der Waals surface area (Å²) >= 11 is 1.93. The molecular formula is C15H24OS. The molecule has 0 saturated carbocycles. The minimum Gasteiger partial charge on any atom is -0.300 e. The lowest BCUT2D eigenvalue weighted by atomic mass is 9.97. The van der Waals surface area contributed by atoms with Crippen LogP contribution in [0.4, 0.5) is 0 Å². The first kappa shape index (κ1) is 14.4. The Morgan fingerprint density at radius 3 is 2.59 bits per heavy atom. The first-order valence-corrected chi connectivity index (χ1v) is 7.42. The molecule has 0 spiro atoms. The smallest absolute Gasteiger partial charge is 0.129 e. The molecule has 0 amide bonds. The number of rotatable bonds is 7. The second-order valence-corrected chi connectivity index (χ2v) is 6.45. The van der Waals surface area contributed by atoms with Crippen LogP contribution in [0.3, 0.4) is 0 Å². The van der Waals surface area contributed by atoms with Gasteiger partial charge in [0.2, 0.25) is 0 Å². The van der Waals surface area contributed by atoms with Gasteiger partial charge < -0.3 is 4.79 Å². The van der Waals surface area contributed by atoms with Gasteiger partial charge in [0.1, 0.15) is 5.78 Å². The van der Waals surface area contributed by atoms with Crippen molar-refractivity contribution in [2.45, 2.75) is 59.3 Å². The van der Waals surface area contributed by atoms with Gasteiger partial charge in [-0.2, -0.15) is 0 Å². The van der Waals surface area contributed by atoms with Gasteiger partial charge in [0.25, 0.3) is 0 Å². The summed E-state index contributed by atoms with van der Waals surface area (Å²) in [4.78, 5) is 14.0. The molecule has 1 nitrogen and oxygen atoms in total. The summed E-state index contributed by atoms with van der Waals surface area (Å²) in [6.07, 6.45) is 4.03. The van der Waals surface area contributed by atoms with Gasteiger partial charge in [-0.25, -0.2) is 0 Å². The van der Waals surface area contributed by atoms with E-state index in [1.54, 1.807) is 6.92 Å². The molecule has 0 aliphatic rings. The van der Waals surface area contributed by atoms with E-state index < -0.39 is 0 Å². The normalized spacial score (nSPS) is 13.0. The Balaban J connectivity index is 2.62. The number of carbonyl (C=O) groups excluding carboxylic acids is 1. The van der Waals surface area contributed by atoms with Gasteiger partial charge in [-0.3, -0.25) is 0 Å². The van der Waals surface area contributed by atoms with Crippen molar-refractivity contribution in [2.24, 2.45) is 5.92 Å². The van der Waals surface area contributed by atoms with Crippen molar-refractivity contribution in [3.63, 3.8) is 0 Å². The topological polar surface area (TPSA) is 17.1 Å². The van der Waals surface area contributed by atoms with Crippen molar-refractivity contribution in [1.82, 2.24) is 0 Å². The number of thiophene rings is 1. The Hall–Kier alpha value is -0.630. The highest BCUT2D eigenvalue weighted by Gasteiger charge is 2.13. The summed E-state index contributed by atoms with van der Waals surface area (Å²) in [7, 11) is 0. The minimum atomic E-state index is 0.308. The van der Waals surface area contributed by atoms with E-state index in [9.17, 15) is 4.79 Å². The minimum absolute atomic E-state index is 0.308. The third kappa shape index (κ3) is 5.03. The lowest BCUT2D eigenvalue weighted by Gasteiger charge is -2.11. The van der Waals surface area contributed by atoms with E-state index in [0.29, 0.717) is 11.7 Å². The van der Waals surface area contributed by atoms with E-state index >= 15 is 0 Å². The number of ketones is 1. The van der Waals surface area contributed by atoms with Crippen molar-refractivity contribution in [1.29, 1.82) is 0 Å². The fourth-order valence-corrected chi connectivity index (χ4v) is 3.49. The standard InChI is InChI=1S/C15H24OS/c1-5-13(7-6-12(4)16)15-9-8-14(17-15)10-11(2)3/h8-9,11,13H,5-7,10H2,1-4H3. The van der Waals surface area contributed by atoms with Crippen LogP contribution in [0.5, 0.6) is 0 Å². The highest BCUT2D eigenvalue weighted by molar-refractivity contribution is 7.12. The van der Waals surface area contributed by atoms with Crippen LogP contribution in [0.25, 0.3) is 0 Å². The summed E-state index contributed by atoms with van der Waals surface area (Å²) < 4.78 is 0. The van der Waals surface area contributed by atoms with E-state index in [1.165, 1.54) is 16.2 Å². The van der Waals surface area contributed by atoms with E-state index in [1.807, 2.05) is 11.3 Å². The fourth-order valence-electron chi connectivity index (χ4n) is 2.05. The van der Waals surface area contributed by atoms with E-state index in [4.69, 9.17) is 0 Å². The molecule has 1 aromatic rings. The quantitative estimate of drug-likeness (QED) is 0.680. The van der Waals surface area contributed by atoms with Crippen molar-refractivity contribution in [2.75, 3.05) is 0 Å². The van der Waals surface area contributed by atoms with E-state index in [-0.39, 0.29) is 0 Å². The van der Waals surface area contributed by atoms with Crippen LogP contribution in [-0.2, 0) is 11.2 Å². The average Bonchev–Trinajstić information content (AvgIpc) is 2.66. The monoisotopic (exact) mass is 252 g/mol. The van der Waals surface area contributed by atoms with Gasteiger partial charge in [0.15, 0.2) is 0 Å². The Morgan fingerprint density at radius 2 is 2.06 bits per heavy atom. The average molecular weight is 252 g/mol. The molecule has 0 saturated heterocycles. The maximum atomic E-state index is 11.0. The van der Waals surface area contributed by atoms with Crippen LogP contribution >= 0.6 is 11.3 Å². The Morgan fingerprint density at radius 1 is 1.35 bits per heavy atom. The highest BCUT2D eigenvalue weighted by atomic mass is 32.1. The highest BCUT2D eigenvalue weighted by Crippen LogP contribution is 2.31. The van der Waals surface area contributed by atoms with Gasteiger partial charge in [0.05, 0.1) is 0 Å². The molecule has 0 bridgehead atoms. The predicted octanol–water partition coefficient (Wildman–Crippen LogP) is 4.81. The van der Waals surface area contributed by atoms with Gasteiger partial charge in [-0.1, -0.05) is 20.8 Å². The van der Waals surface area contributed by atoms with Crippen molar-refractivity contribution < 1.29 is 4.79 Å². The summed E-state index contributed by atoms with van der Waals surface area (Å²) in [5, 5.41) is 0. The van der Waals surface area contributed by atoms with Crippen LogP contribution in [0.2, 0.25) is 0 Å². The molecule has 1 unspecified atom stereocenters. The van der Waals surface area contributed by atoms with Crippen molar-refractivity contribution in [3.8, 4) is 0 Å². The second-order valence-electron chi connectivity index (χ2n) is 5.25. The summed E-state index contributed by atoms with van der Waals surface area (Å²) in [5.74, 6) is 1.60. The summed E-state index contributed by atoms with van der Waals surface area (Å²) in [6, 6.07) is 4.52. The zero-order valence-corrected chi connectivity index (χ0v) is 12.3. The first-order valence-electron chi connectivity index (χ1n) is 6.61. The third-order valence-corrected chi connectivity index (χ3v) is 4.30. The zero-order chi connectivity index (χ0) is 12.8. The van der Waals surface area contributed by atoms with Crippen LogP contribution in [0.15, 0.2) is 12.1 Å². The molecule has 1 aromatic heterocycles. The molecule has 0 aliphatic heterocycles. The number of carbonyl (C=O) groups is 1. The van der Waals surface area contributed by atoms with Crippen LogP contribution < -0.4 is 0 Å². The van der Waals surface area contributed by atoms with Crippen LogP contribution in [-0.4, -0.2) is 5.78 Å². The van der Waals surface area contributed by atoms with Crippen molar-refractivity contribution >= 4 is 17.1 Å². The van der Waals surface area contributed by atoms with Gasteiger partial charge in [-0.05, 0) is 50.2 Å². The molecule has 1 heterocycles. The zero-order valence-electron chi connectivity index (χ0n) is 11.5.